The maximum absolute atomic E-state index is 5.98. The summed E-state index contributed by atoms with van der Waals surface area (Å²) in [5, 5.41) is 4.06. The molecule has 0 saturated heterocycles. The first-order chi connectivity index (χ1) is 8.56. The summed E-state index contributed by atoms with van der Waals surface area (Å²) >= 11 is 5.98. The molecule has 1 aromatic heterocycles. The van der Waals surface area contributed by atoms with Crippen LogP contribution in [0.1, 0.15) is 29.9 Å². The van der Waals surface area contributed by atoms with Crippen LogP contribution in [0.25, 0.3) is 0 Å². The van der Waals surface area contributed by atoms with Gasteiger partial charge in [0.05, 0.1) is 23.6 Å². The minimum absolute atomic E-state index is 0.139. The Morgan fingerprint density at radius 2 is 2.00 bits per heavy atom. The maximum atomic E-state index is 5.98. The number of rotatable bonds is 3. The van der Waals surface area contributed by atoms with Gasteiger partial charge in [-0.1, -0.05) is 23.7 Å². The maximum Gasteiger partial charge on any atom is 0.145 e. The Balaban J connectivity index is 2.16. The van der Waals surface area contributed by atoms with Gasteiger partial charge >= 0.3 is 0 Å². The van der Waals surface area contributed by atoms with Gasteiger partial charge in [0.1, 0.15) is 5.82 Å². The molecule has 1 atom stereocenters. The summed E-state index contributed by atoms with van der Waals surface area (Å²) in [7, 11) is 0. The zero-order valence-corrected chi connectivity index (χ0v) is 11.5. The van der Waals surface area contributed by atoms with Crippen LogP contribution in [-0.2, 0) is 0 Å². The molecule has 0 aliphatic carbocycles. The Kier molecular flexibility index (Phi) is 3.82. The van der Waals surface area contributed by atoms with Crippen LogP contribution in [0.5, 0.6) is 0 Å². The van der Waals surface area contributed by atoms with Crippen LogP contribution in [0.4, 0.5) is 5.82 Å². The summed E-state index contributed by atoms with van der Waals surface area (Å²) in [5.74, 6) is 0.783. The van der Waals surface area contributed by atoms with Gasteiger partial charge in [0.25, 0.3) is 0 Å². The fourth-order valence-corrected chi connectivity index (χ4v) is 1.89. The first-order valence-electron chi connectivity index (χ1n) is 5.88. The Hall–Kier alpha value is -1.61. The fourth-order valence-electron chi connectivity index (χ4n) is 1.69. The minimum Gasteiger partial charge on any atom is -0.362 e. The van der Waals surface area contributed by atoms with Crippen molar-refractivity contribution in [3.05, 3.63) is 52.4 Å². The number of nitrogens with one attached hydrogen (secondary N) is 1. The number of hydrogen-bond acceptors (Lipinski definition) is 3. The third-order valence-corrected chi connectivity index (χ3v) is 3.14. The number of benzene rings is 1. The first kappa shape index (κ1) is 12.8. The summed E-state index contributed by atoms with van der Waals surface area (Å²) < 4.78 is 0. The molecule has 0 radical (unpaired) electrons. The average molecular weight is 262 g/mol. The normalized spacial score (nSPS) is 12.2. The van der Waals surface area contributed by atoms with E-state index in [1.165, 1.54) is 0 Å². The summed E-state index contributed by atoms with van der Waals surface area (Å²) in [6.07, 6.45) is 1.75. The van der Waals surface area contributed by atoms with E-state index in [2.05, 4.69) is 22.2 Å². The Morgan fingerprint density at radius 1 is 1.22 bits per heavy atom. The van der Waals surface area contributed by atoms with Gasteiger partial charge in [-0.05, 0) is 38.5 Å². The average Bonchev–Trinajstić information content (AvgIpc) is 2.34. The lowest BCUT2D eigenvalue weighted by molar-refractivity contribution is 0.865. The number of aromatic nitrogens is 2. The van der Waals surface area contributed by atoms with Crippen LogP contribution >= 0.6 is 11.6 Å². The number of anilines is 1. The molecule has 1 aromatic carbocycles. The van der Waals surface area contributed by atoms with E-state index >= 15 is 0 Å². The topological polar surface area (TPSA) is 37.8 Å². The van der Waals surface area contributed by atoms with Gasteiger partial charge in [-0.2, -0.15) is 0 Å². The number of halogens is 1. The molecular weight excluding hydrogens is 246 g/mol. The van der Waals surface area contributed by atoms with Crippen LogP contribution in [-0.4, -0.2) is 9.97 Å². The summed E-state index contributed by atoms with van der Waals surface area (Å²) in [6, 6.07) is 7.95. The first-order valence-corrected chi connectivity index (χ1v) is 6.26. The van der Waals surface area contributed by atoms with E-state index in [4.69, 9.17) is 11.6 Å². The van der Waals surface area contributed by atoms with Crippen LogP contribution < -0.4 is 5.32 Å². The third-order valence-electron chi connectivity index (χ3n) is 2.91. The highest BCUT2D eigenvalue weighted by Gasteiger charge is 2.07. The molecule has 2 rings (SSSR count). The third kappa shape index (κ3) is 2.99. The smallest absolute Gasteiger partial charge is 0.145 e. The Morgan fingerprint density at radius 3 is 2.67 bits per heavy atom. The van der Waals surface area contributed by atoms with Gasteiger partial charge in [-0.15, -0.1) is 0 Å². The second kappa shape index (κ2) is 5.36. The lowest BCUT2D eigenvalue weighted by atomic mass is 10.1. The second-order valence-electron chi connectivity index (χ2n) is 4.35. The molecule has 0 spiro atoms. The molecule has 4 heteroatoms. The van der Waals surface area contributed by atoms with Crippen LogP contribution in [0, 0.1) is 13.8 Å². The zero-order valence-electron chi connectivity index (χ0n) is 10.7. The second-order valence-corrected chi connectivity index (χ2v) is 4.78. The van der Waals surface area contributed by atoms with Crippen LogP contribution in [0.3, 0.4) is 0 Å². The van der Waals surface area contributed by atoms with Crippen molar-refractivity contribution in [3.8, 4) is 0 Å². The molecule has 0 amide bonds. The molecule has 94 valence electrons. The Labute approximate surface area is 112 Å². The van der Waals surface area contributed by atoms with Crippen molar-refractivity contribution in [3.63, 3.8) is 0 Å². The number of nitrogens with zero attached hydrogens (tertiary/aromatic N) is 2. The summed E-state index contributed by atoms with van der Waals surface area (Å²) in [5.41, 5.74) is 3.02. The molecule has 0 fully saturated rings. The molecule has 0 saturated carbocycles. The molecule has 1 N–H and O–H groups in total. The van der Waals surface area contributed by atoms with Gasteiger partial charge < -0.3 is 5.32 Å². The van der Waals surface area contributed by atoms with Crippen LogP contribution in [0.2, 0.25) is 5.02 Å². The van der Waals surface area contributed by atoms with Crippen molar-refractivity contribution in [2.45, 2.75) is 26.8 Å². The van der Waals surface area contributed by atoms with Gasteiger partial charge in [0.2, 0.25) is 0 Å². The molecule has 0 aliphatic rings. The van der Waals surface area contributed by atoms with Crippen LogP contribution in [0.15, 0.2) is 30.5 Å². The number of hydrogen-bond donors (Lipinski definition) is 1. The zero-order chi connectivity index (χ0) is 13.1. The van der Waals surface area contributed by atoms with E-state index in [0.717, 1.165) is 27.8 Å². The standard InChI is InChI=1S/C14H16ClN3/c1-9-10(2)17-14(8-16-9)18-11(3)12-5-4-6-13(15)7-12/h4-8,11H,1-3H3,(H,17,18). The quantitative estimate of drug-likeness (QED) is 0.910. The predicted molar refractivity (Wildman–Crippen MR) is 75.0 cm³/mol. The SMILES string of the molecule is Cc1ncc(NC(C)c2cccc(Cl)c2)nc1C. The van der Waals surface area contributed by atoms with Gasteiger partial charge in [0.15, 0.2) is 0 Å². The summed E-state index contributed by atoms with van der Waals surface area (Å²) in [4.78, 5) is 8.75. The van der Waals surface area contributed by atoms with Gasteiger partial charge in [-0.3, -0.25) is 4.98 Å². The molecule has 2 aromatic rings. The molecule has 0 aliphatic heterocycles. The van der Waals surface area contributed by atoms with Crippen molar-refractivity contribution < 1.29 is 0 Å². The van der Waals surface area contributed by atoms with E-state index in [-0.39, 0.29) is 6.04 Å². The van der Waals surface area contributed by atoms with E-state index in [9.17, 15) is 0 Å². The molecule has 3 nitrogen and oxygen atoms in total. The molecule has 18 heavy (non-hydrogen) atoms. The van der Waals surface area contributed by atoms with E-state index in [1.807, 2.05) is 38.1 Å². The highest BCUT2D eigenvalue weighted by atomic mass is 35.5. The van der Waals surface area contributed by atoms with E-state index in [0.29, 0.717) is 0 Å². The highest BCUT2D eigenvalue weighted by molar-refractivity contribution is 6.30. The molecule has 1 heterocycles. The minimum atomic E-state index is 0.139. The van der Waals surface area contributed by atoms with E-state index < -0.39 is 0 Å². The molecule has 1 unspecified atom stereocenters. The van der Waals surface area contributed by atoms with Crippen molar-refractivity contribution >= 4 is 17.4 Å². The van der Waals surface area contributed by atoms with Crippen molar-refractivity contribution in [2.24, 2.45) is 0 Å². The van der Waals surface area contributed by atoms with Crippen molar-refractivity contribution in [1.82, 2.24) is 9.97 Å². The largest absolute Gasteiger partial charge is 0.362 e. The molecular formula is C14H16ClN3. The van der Waals surface area contributed by atoms with Gasteiger partial charge in [-0.25, -0.2) is 4.98 Å². The molecule has 0 bridgehead atoms. The fraction of sp³-hybridized carbons (Fsp3) is 0.286. The monoisotopic (exact) mass is 261 g/mol. The van der Waals surface area contributed by atoms with Gasteiger partial charge in [0, 0.05) is 5.02 Å². The number of aryl methyl sites for hydroxylation is 2. The van der Waals surface area contributed by atoms with Crippen molar-refractivity contribution in [1.29, 1.82) is 0 Å². The predicted octanol–water partition coefficient (Wildman–Crippen LogP) is 3.92. The van der Waals surface area contributed by atoms with E-state index in [1.54, 1.807) is 6.20 Å². The Bertz CT molecular complexity index is 554. The lowest BCUT2D eigenvalue weighted by Crippen LogP contribution is -2.09. The summed E-state index contributed by atoms with van der Waals surface area (Å²) in [6.45, 7) is 5.98. The lowest BCUT2D eigenvalue weighted by Gasteiger charge is -2.15. The van der Waals surface area contributed by atoms with Crippen molar-refractivity contribution in [2.75, 3.05) is 5.32 Å². The highest BCUT2D eigenvalue weighted by Crippen LogP contribution is 2.20.